The van der Waals surface area contributed by atoms with E-state index in [1.54, 1.807) is 6.07 Å². The van der Waals surface area contributed by atoms with E-state index in [2.05, 4.69) is 15.9 Å². The predicted molar refractivity (Wildman–Crippen MR) is 89.2 cm³/mol. The van der Waals surface area contributed by atoms with Gasteiger partial charge in [-0.3, -0.25) is 0 Å². The third-order valence-corrected chi connectivity index (χ3v) is 3.65. The second-order valence-corrected chi connectivity index (χ2v) is 5.97. The van der Waals surface area contributed by atoms with Crippen LogP contribution in [0.1, 0.15) is 18.5 Å². The lowest BCUT2D eigenvalue weighted by Crippen LogP contribution is -2.12. The molecule has 0 saturated carbocycles. The van der Waals surface area contributed by atoms with Gasteiger partial charge in [0.15, 0.2) is 0 Å². The monoisotopic (exact) mass is 369 g/mol. The number of nitrogens with two attached hydrogens (primary N) is 1. The number of hydrogen-bond donors (Lipinski definition) is 1. The molecule has 0 aromatic heterocycles. The average molecular weight is 371 g/mol. The molecule has 1 atom stereocenters. The lowest BCUT2D eigenvalue weighted by molar-refractivity contribution is 0.215. The summed E-state index contributed by atoms with van der Waals surface area (Å²) in [7, 11) is 0. The average Bonchev–Trinajstić information content (AvgIpc) is 2.46. The van der Waals surface area contributed by atoms with Crippen molar-refractivity contribution < 1.29 is 9.47 Å². The van der Waals surface area contributed by atoms with Crippen molar-refractivity contribution in [2.24, 2.45) is 5.73 Å². The zero-order valence-corrected chi connectivity index (χ0v) is 14.0. The normalized spacial score (nSPS) is 12.0. The molecule has 0 radical (unpaired) electrons. The van der Waals surface area contributed by atoms with E-state index >= 15 is 0 Å². The minimum absolute atomic E-state index is 0.133. The second-order valence-electron chi connectivity index (χ2n) is 4.62. The molecule has 5 heteroatoms. The molecule has 112 valence electrons. The van der Waals surface area contributed by atoms with Crippen molar-refractivity contribution in [3.8, 4) is 11.5 Å². The van der Waals surface area contributed by atoms with Gasteiger partial charge < -0.3 is 15.2 Å². The molecule has 0 aliphatic rings. The molecule has 2 rings (SSSR count). The van der Waals surface area contributed by atoms with Crippen molar-refractivity contribution >= 4 is 27.5 Å². The van der Waals surface area contributed by atoms with Crippen molar-refractivity contribution in [1.29, 1.82) is 0 Å². The smallest absolute Gasteiger partial charge is 0.124 e. The van der Waals surface area contributed by atoms with Gasteiger partial charge in [-0.05, 0) is 49.4 Å². The van der Waals surface area contributed by atoms with E-state index in [1.165, 1.54) is 0 Å². The number of hydrogen-bond acceptors (Lipinski definition) is 3. The van der Waals surface area contributed by atoms with Crippen LogP contribution < -0.4 is 15.2 Å². The van der Waals surface area contributed by atoms with Gasteiger partial charge in [-0.25, -0.2) is 0 Å². The highest BCUT2D eigenvalue weighted by atomic mass is 79.9. The van der Waals surface area contributed by atoms with Gasteiger partial charge in [0.1, 0.15) is 24.7 Å². The fraction of sp³-hybridized carbons (Fsp3) is 0.250. The van der Waals surface area contributed by atoms with Crippen molar-refractivity contribution in [2.75, 3.05) is 13.2 Å². The summed E-state index contributed by atoms with van der Waals surface area (Å²) in [5, 5.41) is 0.653. The summed E-state index contributed by atoms with van der Waals surface area (Å²) >= 11 is 9.36. The molecule has 2 aromatic carbocycles. The second kappa shape index (κ2) is 7.69. The first-order valence-electron chi connectivity index (χ1n) is 6.62. The van der Waals surface area contributed by atoms with E-state index in [0.717, 1.165) is 21.5 Å². The summed E-state index contributed by atoms with van der Waals surface area (Å²) < 4.78 is 12.4. The van der Waals surface area contributed by atoms with Gasteiger partial charge in [0.05, 0.1) is 0 Å². The van der Waals surface area contributed by atoms with Crippen LogP contribution in [0, 0.1) is 0 Å². The van der Waals surface area contributed by atoms with Gasteiger partial charge in [-0.1, -0.05) is 27.5 Å². The highest BCUT2D eigenvalue weighted by molar-refractivity contribution is 9.10. The molecule has 0 bridgehead atoms. The van der Waals surface area contributed by atoms with E-state index < -0.39 is 0 Å². The highest BCUT2D eigenvalue weighted by Gasteiger charge is 2.09. The number of halogens is 2. The van der Waals surface area contributed by atoms with E-state index in [-0.39, 0.29) is 6.04 Å². The first-order valence-corrected chi connectivity index (χ1v) is 7.79. The van der Waals surface area contributed by atoms with Crippen LogP contribution in [-0.4, -0.2) is 13.2 Å². The lowest BCUT2D eigenvalue weighted by atomic mass is 10.1. The van der Waals surface area contributed by atoms with Crippen LogP contribution in [-0.2, 0) is 0 Å². The molecule has 3 nitrogen and oxygen atoms in total. The lowest BCUT2D eigenvalue weighted by Gasteiger charge is -2.14. The fourth-order valence-electron chi connectivity index (χ4n) is 1.85. The molecule has 0 heterocycles. The molecule has 0 aliphatic carbocycles. The molecule has 0 amide bonds. The molecule has 21 heavy (non-hydrogen) atoms. The third kappa shape index (κ3) is 4.92. The Bertz CT molecular complexity index is 587. The molecular formula is C16H17BrClNO2. The molecule has 2 aromatic rings. The van der Waals surface area contributed by atoms with Gasteiger partial charge in [-0.2, -0.15) is 0 Å². The maximum Gasteiger partial charge on any atom is 0.124 e. The Balaban J connectivity index is 1.87. The highest BCUT2D eigenvalue weighted by Crippen LogP contribution is 2.27. The largest absolute Gasteiger partial charge is 0.490 e. The first kappa shape index (κ1) is 16.1. The van der Waals surface area contributed by atoms with Gasteiger partial charge in [0, 0.05) is 21.1 Å². The van der Waals surface area contributed by atoms with Crippen molar-refractivity contribution in [3.05, 3.63) is 57.5 Å². The Morgan fingerprint density at radius 1 is 1.10 bits per heavy atom. The van der Waals surface area contributed by atoms with E-state index in [1.807, 2.05) is 43.3 Å². The Kier molecular flexibility index (Phi) is 5.91. The number of ether oxygens (including phenoxy) is 2. The van der Waals surface area contributed by atoms with Crippen LogP contribution >= 0.6 is 27.5 Å². The van der Waals surface area contributed by atoms with Crippen LogP contribution in [0.15, 0.2) is 46.9 Å². The quantitative estimate of drug-likeness (QED) is 0.757. The third-order valence-electron chi connectivity index (χ3n) is 2.89. The standard InChI is InChI=1S/C16H17BrClNO2/c1-11(19)15-10-13(18)4-7-16(15)21-9-8-20-14-5-2-12(17)3-6-14/h2-7,10-11H,8-9,19H2,1H3/t11-/m0/s1. The summed E-state index contributed by atoms with van der Waals surface area (Å²) in [5.74, 6) is 1.55. The Hall–Kier alpha value is -1.23. The van der Waals surface area contributed by atoms with Crippen LogP contribution in [0.5, 0.6) is 11.5 Å². The Morgan fingerprint density at radius 2 is 1.76 bits per heavy atom. The molecule has 0 aliphatic heterocycles. The minimum atomic E-state index is -0.133. The summed E-state index contributed by atoms with van der Waals surface area (Å²) in [4.78, 5) is 0. The predicted octanol–water partition coefficient (Wildman–Crippen LogP) is 4.58. The Labute approximate surface area is 138 Å². The summed E-state index contributed by atoms with van der Waals surface area (Å²) in [6, 6.07) is 13.0. The summed E-state index contributed by atoms with van der Waals surface area (Å²) in [6.45, 7) is 2.80. The van der Waals surface area contributed by atoms with Gasteiger partial charge >= 0.3 is 0 Å². The summed E-state index contributed by atoms with van der Waals surface area (Å²) in [6.07, 6.45) is 0. The van der Waals surface area contributed by atoms with Crippen LogP contribution in [0.25, 0.3) is 0 Å². The van der Waals surface area contributed by atoms with Crippen molar-refractivity contribution in [1.82, 2.24) is 0 Å². The zero-order chi connectivity index (χ0) is 15.2. The summed E-state index contributed by atoms with van der Waals surface area (Å²) in [5.41, 5.74) is 6.81. The molecule has 0 saturated heterocycles. The SMILES string of the molecule is C[C@H](N)c1cc(Cl)ccc1OCCOc1ccc(Br)cc1. The Morgan fingerprint density at radius 3 is 2.43 bits per heavy atom. The first-order chi connectivity index (χ1) is 10.1. The number of benzene rings is 2. The molecule has 0 fully saturated rings. The topological polar surface area (TPSA) is 44.5 Å². The van der Waals surface area contributed by atoms with E-state index in [9.17, 15) is 0 Å². The molecule has 0 spiro atoms. The van der Waals surface area contributed by atoms with Crippen LogP contribution in [0.3, 0.4) is 0 Å². The van der Waals surface area contributed by atoms with Crippen LogP contribution in [0.2, 0.25) is 5.02 Å². The maximum atomic E-state index is 5.98. The van der Waals surface area contributed by atoms with Crippen LogP contribution in [0.4, 0.5) is 0 Å². The minimum Gasteiger partial charge on any atom is -0.490 e. The van der Waals surface area contributed by atoms with Crippen molar-refractivity contribution in [3.63, 3.8) is 0 Å². The van der Waals surface area contributed by atoms with Gasteiger partial charge in [0.25, 0.3) is 0 Å². The van der Waals surface area contributed by atoms with Gasteiger partial charge in [-0.15, -0.1) is 0 Å². The fourth-order valence-corrected chi connectivity index (χ4v) is 2.29. The molecule has 0 unspecified atom stereocenters. The van der Waals surface area contributed by atoms with E-state index in [0.29, 0.717) is 18.2 Å². The van der Waals surface area contributed by atoms with E-state index in [4.69, 9.17) is 26.8 Å². The maximum absolute atomic E-state index is 5.98. The van der Waals surface area contributed by atoms with Gasteiger partial charge in [0.2, 0.25) is 0 Å². The molecule has 2 N–H and O–H groups in total. The number of rotatable bonds is 6. The van der Waals surface area contributed by atoms with Crippen molar-refractivity contribution in [2.45, 2.75) is 13.0 Å². The molecular weight excluding hydrogens is 354 g/mol. The zero-order valence-electron chi connectivity index (χ0n) is 11.7.